The molecule has 148 valence electrons. The normalized spacial score (nSPS) is 22.1. The maximum atomic E-state index is 12.9. The second-order valence-corrected chi connectivity index (χ2v) is 8.11. The fourth-order valence-electron chi connectivity index (χ4n) is 5.20. The molecule has 2 atom stereocenters. The van der Waals surface area contributed by atoms with E-state index < -0.39 is 5.97 Å². The summed E-state index contributed by atoms with van der Waals surface area (Å²) in [5, 5.41) is 9.05. The lowest BCUT2D eigenvalue weighted by Crippen LogP contribution is -2.44. The van der Waals surface area contributed by atoms with Gasteiger partial charge >= 0.3 is 12.1 Å². The SMILES string of the molecule is O=C(O)CC1=CC2CCC(C1)N2C(=O)OCC1c2ccccc2-c2ccccc21. The molecule has 5 nitrogen and oxygen atoms in total. The van der Waals surface area contributed by atoms with Crippen molar-refractivity contribution in [2.75, 3.05) is 6.61 Å². The van der Waals surface area contributed by atoms with Gasteiger partial charge in [-0.2, -0.15) is 0 Å². The van der Waals surface area contributed by atoms with Crippen LogP contribution in [0.15, 0.2) is 60.2 Å². The average Bonchev–Trinajstić information content (AvgIpc) is 3.18. The molecule has 2 bridgehead atoms. The molecule has 1 aliphatic carbocycles. The lowest BCUT2D eigenvalue weighted by atomic mass is 9.98. The van der Waals surface area contributed by atoms with Crippen LogP contribution in [-0.4, -0.2) is 40.8 Å². The number of nitrogens with zero attached hydrogens (tertiary/aromatic N) is 1. The quantitative estimate of drug-likeness (QED) is 0.778. The Morgan fingerprint density at radius 2 is 1.66 bits per heavy atom. The molecule has 2 unspecified atom stereocenters. The number of hydrogen-bond donors (Lipinski definition) is 1. The Bertz CT molecular complexity index is 966. The largest absolute Gasteiger partial charge is 0.481 e. The fourth-order valence-corrected chi connectivity index (χ4v) is 5.20. The van der Waals surface area contributed by atoms with Gasteiger partial charge in [-0.05, 0) is 41.5 Å². The van der Waals surface area contributed by atoms with E-state index >= 15 is 0 Å². The highest BCUT2D eigenvalue weighted by atomic mass is 16.6. The molecule has 5 rings (SSSR count). The number of carboxylic acid groups (broad SMARTS) is 1. The summed E-state index contributed by atoms with van der Waals surface area (Å²) in [7, 11) is 0. The van der Waals surface area contributed by atoms with Crippen LogP contribution in [0.5, 0.6) is 0 Å². The first kappa shape index (κ1) is 18.0. The topological polar surface area (TPSA) is 66.8 Å². The molecule has 0 saturated carbocycles. The summed E-state index contributed by atoms with van der Waals surface area (Å²) in [5.74, 6) is -0.767. The van der Waals surface area contributed by atoms with Crippen LogP contribution in [0.4, 0.5) is 4.79 Å². The van der Waals surface area contributed by atoms with Crippen molar-refractivity contribution in [2.24, 2.45) is 0 Å². The average molecular weight is 389 g/mol. The first-order valence-corrected chi connectivity index (χ1v) is 10.2. The molecule has 5 heteroatoms. The van der Waals surface area contributed by atoms with Crippen LogP contribution >= 0.6 is 0 Å². The van der Waals surface area contributed by atoms with E-state index in [1.54, 1.807) is 0 Å². The molecule has 0 spiro atoms. The predicted molar refractivity (Wildman–Crippen MR) is 109 cm³/mol. The third-order valence-electron chi connectivity index (χ3n) is 6.40. The molecule has 1 fully saturated rings. The van der Waals surface area contributed by atoms with Crippen LogP contribution in [0.25, 0.3) is 11.1 Å². The Balaban J connectivity index is 1.32. The maximum absolute atomic E-state index is 12.9. The van der Waals surface area contributed by atoms with Gasteiger partial charge in [0.05, 0.1) is 12.5 Å². The summed E-state index contributed by atoms with van der Waals surface area (Å²) in [6, 6.07) is 16.6. The molecule has 29 heavy (non-hydrogen) atoms. The summed E-state index contributed by atoms with van der Waals surface area (Å²) < 4.78 is 5.82. The van der Waals surface area contributed by atoms with E-state index in [1.807, 2.05) is 35.2 Å². The van der Waals surface area contributed by atoms with Crippen LogP contribution in [0.1, 0.15) is 42.7 Å². The first-order valence-electron chi connectivity index (χ1n) is 10.2. The second-order valence-electron chi connectivity index (χ2n) is 8.11. The van der Waals surface area contributed by atoms with Gasteiger partial charge in [-0.3, -0.25) is 9.69 Å². The Hall–Kier alpha value is -3.08. The molecule has 1 saturated heterocycles. The molecule has 2 heterocycles. The maximum Gasteiger partial charge on any atom is 0.410 e. The van der Waals surface area contributed by atoms with Crippen LogP contribution < -0.4 is 0 Å². The Labute approximate surface area is 169 Å². The van der Waals surface area contributed by atoms with Crippen LogP contribution in [0.2, 0.25) is 0 Å². The van der Waals surface area contributed by atoms with Crippen LogP contribution in [0.3, 0.4) is 0 Å². The van der Waals surface area contributed by atoms with Gasteiger partial charge < -0.3 is 9.84 Å². The molecular weight excluding hydrogens is 366 g/mol. The van der Waals surface area contributed by atoms with Crippen molar-refractivity contribution in [1.29, 1.82) is 0 Å². The summed E-state index contributed by atoms with van der Waals surface area (Å²) in [5.41, 5.74) is 5.75. The Kier molecular flexibility index (Phi) is 4.38. The van der Waals surface area contributed by atoms with Gasteiger partial charge in [0.25, 0.3) is 0 Å². The summed E-state index contributed by atoms with van der Waals surface area (Å²) in [6.07, 6.45) is 4.13. The molecular formula is C24H23NO4. The van der Waals surface area contributed by atoms with E-state index in [1.165, 1.54) is 22.3 Å². The highest BCUT2D eigenvalue weighted by molar-refractivity contribution is 5.79. The number of rotatable bonds is 4. The van der Waals surface area contributed by atoms with E-state index in [-0.39, 0.29) is 30.5 Å². The zero-order valence-corrected chi connectivity index (χ0v) is 16.1. The lowest BCUT2D eigenvalue weighted by molar-refractivity contribution is -0.136. The monoisotopic (exact) mass is 389 g/mol. The minimum atomic E-state index is -0.815. The number of fused-ring (bicyclic) bond motifs is 5. The second kappa shape index (κ2) is 7.07. The number of hydrogen-bond acceptors (Lipinski definition) is 3. The van der Waals surface area contributed by atoms with Crippen molar-refractivity contribution in [2.45, 2.75) is 43.7 Å². The van der Waals surface area contributed by atoms with Gasteiger partial charge in [0.1, 0.15) is 6.61 Å². The van der Waals surface area contributed by atoms with E-state index in [2.05, 4.69) is 24.3 Å². The number of amides is 1. The number of carboxylic acids is 1. The number of carbonyl (C=O) groups is 2. The standard InChI is InChI=1S/C24H23NO4/c26-23(27)13-15-11-16-9-10-17(12-15)25(16)24(28)29-14-22-20-7-3-1-5-18(20)19-6-2-4-8-21(19)22/h1-8,11,16-17,22H,9-10,12-14H2,(H,26,27). The van der Waals surface area contributed by atoms with Crippen molar-refractivity contribution >= 4 is 12.1 Å². The van der Waals surface area contributed by atoms with E-state index in [9.17, 15) is 9.59 Å². The van der Waals surface area contributed by atoms with Gasteiger partial charge in [-0.15, -0.1) is 0 Å². The Morgan fingerprint density at radius 1 is 1.00 bits per heavy atom. The van der Waals surface area contributed by atoms with Gasteiger partial charge in [-0.25, -0.2) is 4.79 Å². The summed E-state index contributed by atoms with van der Waals surface area (Å²) in [6.45, 7) is 0.314. The van der Waals surface area contributed by atoms with Gasteiger partial charge in [-0.1, -0.05) is 60.2 Å². The minimum Gasteiger partial charge on any atom is -0.481 e. The molecule has 2 aromatic rings. The highest BCUT2D eigenvalue weighted by Crippen LogP contribution is 2.45. The fraction of sp³-hybridized carbons (Fsp3) is 0.333. The van der Waals surface area contributed by atoms with Crippen LogP contribution in [0, 0.1) is 0 Å². The lowest BCUT2D eigenvalue weighted by Gasteiger charge is -2.33. The van der Waals surface area contributed by atoms with Crippen molar-refractivity contribution in [3.05, 3.63) is 71.3 Å². The number of benzene rings is 2. The van der Waals surface area contributed by atoms with E-state index in [0.29, 0.717) is 13.0 Å². The van der Waals surface area contributed by atoms with Crippen LogP contribution in [-0.2, 0) is 9.53 Å². The molecule has 0 radical (unpaired) electrons. The smallest absolute Gasteiger partial charge is 0.410 e. The molecule has 3 aliphatic rings. The van der Waals surface area contributed by atoms with Gasteiger partial charge in [0, 0.05) is 12.0 Å². The van der Waals surface area contributed by atoms with Gasteiger partial charge in [0.2, 0.25) is 0 Å². The molecule has 2 aliphatic heterocycles. The highest BCUT2D eigenvalue weighted by Gasteiger charge is 2.41. The number of ether oxygens (including phenoxy) is 1. The van der Waals surface area contributed by atoms with Gasteiger partial charge in [0.15, 0.2) is 0 Å². The van der Waals surface area contributed by atoms with Crippen molar-refractivity contribution in [3.63, 3.8) is 0 Å². The predicted octanol–water partition coefficient (Wildman–Crippen LogP) is 4.57. The third kappa shape index (κ3) is 3.11. The molecule has 2 aromatic carbocycles. The first-order chi connectivity index (χ1) is 14.1. The molecule has 0 aromatic heterocycles. The van der Waals surface area contributed by atoms with E-state index in [0.717, 1.165) is 18.4 Å². The summed E-state index contributed by atoms with van der Waals surface area (Å²) in [4.78, 5) is 25.8. The minimum absolute atomic E-state index is 0.0428. The number of aliphatic carboxylic acids is 1. The third-order valence-corrected chi connectivity index (χ3v) is 6.40. The summed E-state index contributed by atoms with van der Waals surface area (Å²) >= 11 is 0. The number of carbonyl (C=O) groups excluding carboxylic acids is 1. The van der Waals surface area contributed by atoms with E-state index in [4.69, 9.17) is 9.84 Å². The van der Waals surface area contributed by atoms with Crippen molar-refractivity contribution < 1.29 is 19.4 Å². The molecule has 1 N–H and O–H groups in total. The zero-order valence-electron chi connectivity index (χ0n) is 16.1. The zero-order chi connectivity index (χ0) is 20.0. The van der Waals surface area contributed by atoms with Crippen molar-refractivity contribution in [1.82, 2.24) is 4.90 Å². The molecule has 1 amide bonds. The van der Waals surface area contributed by atoms with Crippen molar-refractivity contribution in [3.8, 4) is 11.1 Å². The Morgan fingerprint density at radius 3 is 2.28 bits per heavy atom.